The third-order valence-electron chi connectivity index (χ3n) is 3.64. The Morgan fingerprint density at radius 2 is 2.05 bits per heavy atom. The smallest absolute Gasteiger partial charge is 0.252 e. The van der Waals surface area contributed by atoms with Crippen LogP contribution in [0.2, 0.25) is 0 Å². The molecule has 0 saturated heterocycles. The second-order valence-corrected chi connectivity index (χ2v) is 5.94. The minimum Gasteiger partial charge on any atom is -0.350 e. The first-order valence-corrected chi connectivity index (χ1v) is 7.03. The highest BCUT2D eigenvalue weighted by atomic mass is 16.1. The van der Waals surface area contributed by atoms with Gasteiger partial charge in [-0.25, -0.2) is 0 Å². The summed E-state index contributed by atoms with van der Waals surface area (Å²) in [4.78, 5) is 14.5. The summed E-state index contributed by atoms with van der Waals surface area (Å²) in [6, 6.07) is 5.64. The first-order valence-electron chi connectivity index (χ1n) is 7.03. The molecule has 0 aromatic heterocycles. The molecule has 0 aliphatic rings. The molecule has 4 heteroatoms. The van der Waals surface area contributed by atoms with Crippen molar-refractivity contribution >= 4 is 5.91 Å². The number of hydrogen-bond acceptors (Lipinski definition) is 3. The molecule has 1 rings (SSSR count). The maximum atomic E-state index is 12.4. The molecule has 21 heavy (non-hydrogen) atoms. The van der Waals surface area contributed by atoms with E-state index >= 15 is 0 Å². The summed E-state index contributed by atoms with van der Waals surface area (Å²) in [6.45, 7) is 6.98. The normalized spacial score (nSPS) is 11.0. The van der Waals surface area contributed by atoms with Gasteiger partial charge in [-0.1, -0.05) is 17.9 Å². The van der Waals surface area contributed by atoms with Crippen LogP contribution in [0.3, 0.4) is 0 Å². The lowest BCUT2D eigenvalue weighted by Gasteiger charge is -2.32. The van der Waals surface area contributed by atoms with Gasteiger partial charge in [-0.3, -0.25) is 4.79 Å². The van der Waals surface area contributed by atoms with Crippen LogP contribution in [0.1, 0.15) is 35.3 Å². The Morgan fingerprint density at radius 3 is 2.62 bits per heavy atom. The number of rotatable bonds is 4. The van der Waals surface area contributed by atoms with Crippen molar-refractivity contribution < 1.29 is 4.79 Å². The molecule has 0 fully saturated rings. The number of aryl methyl sites for hydroxylation is 1. The third-order valence-corrected chi connectivity index (χ3v) is 3.64. The quantitative estimate of drug-likeness (QED) is 0.823. The monoisotopic (exact) mass is 287 g/mol. The molecule has 0 heterocycles. The van der Waals surface area contributed by atoms with Gasteiger partial charge in [0.05, 0.1) is 12.1 Å². The van der Waals surface area contributed by atoms with E-state index in [-0.39, 0.29) is 18.0 Å². The summed E-state index contributed by atoms with van der Waals surface area (Å²) in [7, 11) is 3.99. The zero-order valence-corrected chi connectivity index (χ0v) is 13.6. The predicted molar refractivity (Wildman–Crippen MR) is 87.2 cm³/mol. The molecule has 3 N–H and O–H groups in total. The van der Waals surface area contributed by atoms with Crippen LogP contribution in [0.5, 0.6) is 0 Å². The largest absolute Gasteiger partial charge is 0.350 e. The molecule has 0 unspecified atom stereocenters. The highest BCUT2D eigenvalue weighted by molar-refractivity contribution is 5.96. The number of hydrogen-bond donors (Lipinski definition) is 2. The van der Waals surface area contributed by atoms with E-state index in [1.54, 1.807) is 0 Å². The van der Waals surface area contributed by atoms with E-state index in [0.29, 0.717) is 12.1 Å². The van der Waals surface area contributed by atoms with Gasteiger partial charge < -0.3 is 16.0 Å². The fraction of sp³-hybridized carbons (Fsp3) is 0.471. The second-order valence-electron chi connectivity index (χ2n) is 5.94. The molecule has 4 nitrogen and oxygen atoms in total. The molecule has 1 aromatic carbocycles. The van der Waals surface area contributed by atoms with E-state index in [2.05, 4.69) is 35.9 Å². The van der Waals surface area contributed by atoms with Crippen molar-refractivity contribution in [3.63, 3.8) is 0 Å². The maximum absolute atomic E-state index is 12.4. The van der Waals surface area contributed by atoms with Gasteiger partial charge in [0.25, 0.3) is 5.91 Å². The maximum Gasteiger partial charge on any atom is 0.252 e. The summed E-state index contributed by atoms with van der Waals surface area (Å²) in [5.41, 5.74) is 7.69. The summed E-state index contributed by atoms with van der Waals surface area (Å²) in [5.74, 6) is 5.67. The molecule has 1 aromatic rings. The Balaban J connectivity index is 2.93. The van der Waals surface area contributed by atoms with Crippen LogP contribution in [0, 0.1) is 18.8 Å². The Kier molecular flexibility index (Phi) is 5.95. The van der Waals surface area contributed by atoms with E-state index < -0.39 is 0 Å². The van der Waals surface area contributed by atoms with Crippen LogP contribution in [0.25, 0.3) is 0 Å². The summed E-state index contributed by atoms with van der Waals surface area (Å²) < 4.78 is 0. The van der Waals surface area contributed by atoms with Gasteiger partial charge in [-0.2, -0.15) is 0 Å². The molecule has 0 bridgehead atoms. The van der Waals surface area contributed by atoms with Crippen molar-refractivity contribution in [3.05, 3.63) is 34.9 Å². The SMILES string of the molecule is Cc1ccc(C(=O)NCC(C)(C)N(C)C)c(C#CCN)c1. The van der Waals surface area contributed by atoms with Crippen molar-refractivity contribution in [3.8, 4) is 11.8 Å². The Bertz CT molecular complexity index is 565. The lowest BCUT2D eigenvalue weighted by Crippen LogP contribution is -2.48. The van der Waals surface area contributed by atoms with Crippen molar-refractivity contribution in [2.24, 2.45) is 5.73 Å². The number of amides is 1. The first-order chi connectivity index (χ1) is 9.77. The van der Waals surface area contributed by atoms with E-state index in [9.17, 15) is 4.79 Å². The third kappa shape index (κ3) is 4.89. The number of carbonyl (C=O) groups excluding carboxylic acids is 1. The summed E-state index contributed by atoms with van der Waals surface area (Å²) >= 11 is 0. The van der Waals surface area contributed by atoms with E-state index in [4.69, 9.17) is 5.73 Å². The highest BCUT2D eigenvalue weighted by Gasteiger charge is 2.22. The van der Waals surface area contributed by atoms with Gasteiger partial charge in [-0.05, 0) is 52.6 Å². The molecular weight excluding hydrogens is 262 g/mol. The fourth-order valence-corrected chi connectivity index (χ4v) is 1.66. The average molecular weight is 287 g/mol. The van der Waals surface area contributed by atoms with Crippen LogP contribution >= 0.6 is 0 Å². The Hall–Kier alpha value is -1.83. The molecule has 0 radical (unpaired) electrons. The van der Waals surface area contributed by atoms with Gasteiger partial charge >= 0.3 is 0 Å². The van der Waals surface area contributed by atoms with Crippen molar-refractivity contribution in [2.45, 2.75) is 26.3 Å². The molecule has 0 spiro atoms. The second kappa shape index (κ2) is 7.26. The summed E-state index contributed by atoms with van der Waals surface area (Å²) in [5, 5.41) is 2.98. The van der Waals surface area contributed by atoms with E-state index in [0.717, 1.165) is 11.1 Å². The fourth-order valence-electron chi connectivity index (χ4n) is 1.66. The van der Waals surface area contributed by atoms with Crippen LogP contribution in [-0.2, 0) is 0 Å². The van der Waals surface area contributed by atoms with Gasteiger partial charge in [0.1, 0.15) is 0 Å². The van der Waals surface area contributed by atoms with E-state index in [1.807, 2.05) is 39.2 Å². The topological polar surface area (TPSA) is 58.4 Å². The summed E-state index contributed by atoms with van der Waals surface area (Å²) in [6.07, 6.45) is 0. The highest BCUT2D eigenvalue weighted by Crippen LogP contribution is 2.12. The number of likely N-dealkylation sites (N-methyl/N-ethyl adjacent to an activating group) is 1. The number of nitrogens with zero attached hydrogens (tertiary/aromatic N) is 1. The van der Waals surface area contributed by atoms with Gasteiger partial charge in [0.15, 0.2) is 0 Å². The van der Waals surface area contributed by atoms with Crippen molar-refractivity contribution in [1.29, 1.82) is 0 Å². The molecule has 0 aliphatic carbocycles. The lowest BCUT2D eigenvalue weighted by atomic mass is 10.0. The Morgan fingerprint density at radius 1 is 1.38 bits per heavy atom. The predicted octanol–water partition coefficient (Wildman–Crippen LogP) is 1.38. The Labute approximate surface area is 127 Å². The molecule has 0 aliphatic heterocycles. The molecule has 1 amide bonds. The molecule has 0 saturated carbocycles. The standard InChI is InChI=1S/C17H25N3O/c1-13-8-9-15(14(11-13)7-6-10-18)16(21)19-12-17(2,3)20(4)5/h8-9,11H,10,12,18H2,1-5H3,(H,19,21). The number of carbonyl (C=O) groups is 1. The zero-order chi connectivity index (χ0) is 16.0. The van der Waals surface area contributed by atoms with Crippen molar-refractivity contribution in [1.82, 2.24) is 10.2 Å². The van der Waals surface area contributed by atoms with Crippen LogP contribution in [0.15, 0.2) is 18.2 Å². The van der Waals surface area contributed by atoms with Crippen LogP contribution in [0.4, 0.5) is 0 Å². The zero-order valence-electron chi connectivity index (χ0n) is 13.6. The number of nitrogens with one attached hydrogen (secondary N) is 1. The van der Waals surface area contributed by atoms with Crippen molar-refractivity contribution in [2.75, 3.05) is 27.2 Å². The van der Waals surface area contributed by atoms with E-state index in [1.165, 1.54) is 0 Å². The number of nitrogens with two attached hydrogens (primary N) is 1. The first kappa shape index (κ1) is 17.2. The van der Waals surface area contributed by atoms with Gasteiger partial charge in [-0.15, -0.1) is 0 Å². The van der Waals surface area contributed by atoms with Crippen LogP contribution in [-0.4, -0.2) is 43.5 Å². The minimum absolute atomic E-state index is 0.105. The van der Waals surface area contributed by atoms with Crippen LogP contribution < -0.4 is 11.1 Å². The number of benzene rings is 1. The van der Waals surface area contributed by atoms with Gasteiger partial charge in [0, 0.05) is 17.6 Å². The molecule has 114 valence electrons. The lowest BCUT2D eigenvalue weighted by molar-refractivity contribution is 0.0919. The minimum atomic E-state index is -0.108. The molecule has 0 atom stereocenters. The molecular formula is C17H25N3O. The van der Waals surface area contributed by atoms with Gasteiger partial charge in [0.2, 0.25) is 0 Å². The average Bonchev–Trinajstić information content (AvgIpc) is 2.42.